The first-order chi connectivity index (χ1) is 12.7. The number of hydrogen-bond acceptors (Lipinski definition) is 3. The molecule has 27 heavy (non-hydrogen) atoms. The van der Waals surface area contributed by atoms with Crippen molar-refractivity contribution in [2.75, 3.05) is 27.8 Å². The Labute approximate surface area is 177 Å². The number of halogens is 1. The monoisotopic (exact) mass is 484 g/mol. The highest BCUT2D eigenvalue weighted by Gasteiger charge is 2.12. The molecule has 3 rings (SSSR count). The number of H-pyrrole nitrogens is 1. The van der Waals surface area contributed by atoms with Gasteiger partial charge in [-0.1, -0.05) is 12.2 Å². The Kier molecular flexibility index (Phi) is 8.27. The van der Waals surface area contributed by atoms with Crippen LogP contribution < -0.4 is 20.1 Å². The summed E-state index contributed by atoms with van der Waals surface area (Å²) in [5.74, 6) is 2.50. The third kappa shape index (κ3) is 5.54. The first-order valence-electron chi connectivity index (χ1n) is 9.09. The minimum atomic E-state index is 0. The highest BCUT2D eigenvalue weighted by atomic mass is 127. The van der Waals surface area contributed by atoms with Crippen LogP contribution in [0, 0.1) is 0 Å². The number of hydrogen-bond donors (Lipinski definition) is 3. The van der Waals surface area contributed by atoms with E-state index in [2.05, 4.69) is 38.8 Å². The molecular formula is C20H29IN4O2. The molecule has 1 aromatic heterocycles. The van der Waals surface area contributed by atoms with Crippen LogP contribution in [0.3, 0.4) is 0 Å². The molecule has 0 radical (unpaired) electrons. The Morgan fingerprint density at radius 1 is 1.19 bits per heavy atom. The van der Waals surface area contributed by atoms with E-state index in [0.717, 1.165) is 60.6 Å². The third-order valence-corrected chi connectivity index (χ3v) is 4.67. The van der Waals surface area contributed by atoms with Crippen molar-refractivity contribution in [3.63, 3.8) is 0 Å². The summed E-state index contributed by atoms with van der Waals surface area (Å²) in [5, 5.41) is 7.93. The van der Waals surface area contributed by atoms with Gasteiger partial charge in [0.1, 0.15) is 11.5 Å². The van der Waals surface area contributed by atoms with Crippen molar-refractivity contribution in [3.8, 4) is 11.5 Å². The molecule has 0 unspecified atom stereocenters. The van der Waals surface area contributed by atoms with Gasteiger partial charge in [0.15, 0.2) is 5.96 Å². The first-order valence-corrected chi connectivity index (χ1v) is 9.09. The molecule has 6 nitrogen and oxygen atoms in total. The van der Waals surface area contributed by atoms with Crippen LogP contribution in [-0.4, -0.2) is 44.8 Å². The van der Waals surface area contributed by atoms with Gasteiger partial charge in [0.25, 0.3) is 0 Å². The Morgan fingerprint density at radius 2 is 1.96 bits per heavy atom. The highest BCUT2D eigenvalue weighted by molar-refractivity contribution is 14.0. The minimum absolute atomic E-state index is 0. The molecule has 0 spiro atoms. The van der Waals surface area contributed by atoms with Gasteiger partial charge in [-0.2, -0.15) is 0 Å². The molecule has 0 saturated carbocycles. The van der Waals surface area contributed by atoms with Crippen molar-refractivity contribution in [3.05, 3.63) is 36.0 Å². The number of benzene rings is 1. The maximum Gasteiger partial charge on any atom is 0.191 e. The number of fused-ring (bicyclic) bond motifs is 1. The molecule has 0 saturated heterocycles. The number of aliphatic imine (C=N–C) groups is 1. The summed E-state index contributed by atoms with van der Waals surface area (Å²) < 4.78 is 10.8. The van der Waals surface area contributed by atoms with Gasteiger partial charge in [0, 0.05) is 42.8 Å². The van der Waals surface area contributed by atoms with Crippen molar-refractivity contribution >= 4 is 40.8 Å². The molecule has 1 heterocycles. The van der Waals surface area contributed by atoms with E-state index in [1.165, 1.54) is 5.69 Å². The lowest BCUT2D eigenvalue weighted by Crippen LogP contribution is -2.42. The smallest absolute Gasteiger partial charge is 0.191 e. The molecule has 1 aliphatic rings. The molecule has 1 aliphatic carbocycles. The van der Waals surface area contributed by atoms with Gasteiger partial charge in [-0.05, 0) is 31.7 Å². The van der Waals surface area contributed by atoms with Crippen LogP contribution in [0.25, 0.3) is 10.9 Å². The van der Waals surface area contributed by atoms with Gasteiger partial charge in [-0.25, -0.2) is 0 Å². The van der Waals surface area contributed by atoms with E-state index in [0.29, 0.717) is 6.04 Å². The second-order valence-electron chi connectivity index (χ2n) is 6.47. The zero-order valence-electron chi connectivity index (χ0n) is 16.2. The normalized spacial score (nSPS) is 14.3. The van der Waals surface area contributed by atoms with E-state index in [1.54, 1.807) is 14.2 Å². The molecule has 148 valence electrons. The number of guanidine groups is 1. The fourth-order valence-corrected chi connectivity index (χ4v) is 3.27. The standard InChI is InChI=1S/C20H28N4O2.HI/c1-21-20(24-14-7-4-5-8-14)22-10-6-9-15-11-17-18(23-15)12-16(25-2)13-19(17)26-3;/h4-5,11-14,23H,6-10H2,1-3H3,(H2,21,22,24);1H. The van der Waals surface area contributed by atoms with Crippen LogP contribution in [0.4, 0.5) is 0 Å². The number of nitrogens with zero attached hydrogens (tertiary/aromatic N) is 1. The molecule has 3 N–H and O–H groups in total. The zero-order chi connectivity index (χ0) is 18.4. The van der Waals surface area contributed by atoms with E-state index in [9.17, 15) is 0 Å². The Bertz CT molecular complexity index is 793. The summed E-state index contributed by atoms with van der Waals surface area (Å²) in [6.45, 7) is 0.871. The Hall–Kier alpha value is -1.90. The minimum Gasteiger partial charge on any atom is -0.497 e. The lowest BCUT2D eigenvalue weighted by Gasteiger charge is -2.16. The van der Waals surface area contributed by atoms with Gasteiger partial charge >= 0.3 is 0 Å². The van der Waals surface area contributed by atoms with E-state index < -0.39 is 0 Å². The molecule has 1 aromatic carbocycles. The van der Waals surface area contributed by atoms with Crippen LogP contribution in [-0.2, 0) is 6.42 Å². The van der Waals surface area contributed by atoms with Gasteiger partial charge in [0.05, 0.1) is 19.7 Å². The lowest BCUT2D eigenvalue weighted by molar-refractivity contribution is 0.398. The van der Waals surface area contributed by atoms with Crippen LogP contribution >= 0.6 is 24.0 Å². The maximum absolute atomic E-state index is 5.48. The first kappa shape index (κ1) is 21.4. The number of nitrogens with one attached hydrogen (secondary N) is 3. The molecule has 0 amide bonds. The molecule has 0 fully saturated rings. The number of ether oxygens (including phenoxy) is 2. The second-order valence-corrected chi connectivity index (χ2v) is 6.47. The van der Waals surface area contributed by atoms with Crippen molar-refractivity contribution in [1.82, 2.24) is 15.6 Å². The topological polar surface area (TPSA) is 70.7 Å². The fraction of sp³-hybridized carbons (Fsp3) is 0.450. The summed E-state index contributed by atoms with van der Waals surface area (Å²) in [5.41, 5.74) is 2.23. The van der Waals surface area contributed by atoms with Crippen LogP contribution in [0.5, 0.6) is 11.5 Å². The zero-order valence-corrected chi connectivity index (χ0v) is 18.5. The number of rotatable bonds is 7. The number of aromatic amines is 1. The molecule has 0 bridgehead atoms. The summed E-state index contributed by atoms with van der Waals surface area (Å²) >= 11 is 0. The molecular weight excluding hydrogens is 455 g/mol. The predicted octanol–water partition coefficient (Wildman–Crippen LogP) is 3.62. The number of aromatic nitrogens is 1. The summed E-state index contributed by atoms with van der Waals surface area (Å²) in [7, 11) is 5.16. The molecule has 7 heteroatoms. The molecule has 0 atom stereocenters. The van der Waals surface area contributed by atoms with Crippen molar-refractivity contribution in [2.45, 2.75) is 31.7 Å². The lowest BCUT2D eigenvalue weighted by atomic mass is 10.2. The summed E-state index contributed by atoms with van der Waals surface area (Å²) in [6.07, 6.45) is 8.53. The SMILES string of the molecule is CN=C(NCCCc1cc2c(OC)cc(OC)cc2[nH]1)NC1CC=CC1.I. The van der Waals surface area contributed by atoms with Crippen LogP contribution in [0.15, 0.2) is 35.3 Å². The van der Waals surface area contributed by atoms with Crippen LogP contribution in [0.1, 0.15) is 25.0 Å². The van der Waals surface area contributed by atoms with Gasteiger partial charge < -0.3 is 25.1 Å². The van der Waals surface area contributed by atoms with Crippen molar-refractivity contribution < 1.29 is 9.47 Å². The van der Waals surface area contributed by atoms with Gasteiger partial charge in [0.2, 0.25) is 0 Å². The van der Waals surface area contributed by atoms with E-state index in [1.807, 2.05) is 19.2 Å². The fourth-order valence-electron chi connectivity index (χ4n) is 3.27. The maximum atomic E-state index is 5.48. The van der Waals surface area contributed by atoms with Gasteiger partial charge in [-0.15, -0.1) is 24.0 Å². The predicted molar refractivity (Wildman–Crippen MR) is 122 cm³/mol. The number of methoxy groups -OCH3 is 2. The Morgan fingerprint density at radius 3 is 2.63 bits per heavy atom. The van der Waals surface area contributed by atoms with E-state index >= 15 is 0 Å². The quantitative estimate of drug-likeness (QED) is 0.185. The van der Waals surface area contributed by atoms with Crippen molar-refractivity contribution in [1.29, 1.82) is 0 Å². The van der Waals surface area contributed by atoms with E-state index in [4.69, 9.17) is 9.47 Å². The third-order valence-electron chi connectivity index (χ3n) is 4.67. The Balaban J connectivity index is 0.00000261. The average molecular weight is 484 g/mol. The second kappa shape index (κ2) is 10.4. The number of aryl methyl sites for hydroxylation is 1. The van der Waals surface area contributed by atoms with Gasteiger partial charge in [-0.3, -0.25) is 4.99 Å². The average Bonchev–Trinajstić information content (AvgIpc) is 3.32. The molecule has 0 aliphatic heterocycles. The van der Waals surface area contributed by atoms with E-state index in [-0.39, 0.29) is 24.0 Å². The summed E-state index contributed by atoms with van der Waals surface area (Å²) in [4.78, 5) is 7.76. The van der Waals surface area contributed by atoms with Crippen molar-refractivity contribution in [2.24, 2.45) is 4.99 Å². The van der Waals surface area contributed by atoms with Crippen LogP contribution in [0.2, 0.25) is 0 Å². The highest BCUT2D eigenvalue weighted by Crippen LogP contribution is 2.31. The summed E-state index contributed by atoms with van der Waals surface area (Å²) in [6, 6.07) is 6.54. The molecule has 2 aromatic rings. The largest absolute Gasteiger partial charge is 0.497 e.